The zero-order valence-electron chi connectivity index (χ0n) is 10.3. The molecule has 0 radical (unpaired) electrons. The van der Waals surface area contributed by atoms with Crippen molar-refractivity contribution in [1.82, 2.24) is 0 Å². The van der Waals surface area contributed by atoms with Crippen molar-refractivity contribution in [2.24, 2.45) is 29.1 Å². The predicted molar refractivity (Wildman–Crippen MR) is 62.2 cm³/mol. The number of hydrogen-bond acceptors (Lipinski definition) is 0. The van der Waals surface area contributed by atoms with Crippen LogP contribution in [0.15, 0.2) is 0 Å². The molecule has 0 aromatic rings. The van der Waals surface area contributed by atoms with E-state index in [9.17, 15) is 0 Å². The zero-order chi connectivity index (χ0) is 10.3. The van der Waals surface area contributed by atoms with Crippen molar-refractivity contribution < 1.29 is 0 Å². The van der Waals surface area contributed by atoms with Crippen molar-refractivity contribution in [1.29, 1.82) is 0 Å². The van der Waals surface area contributed by atoms with Gasteiger partial charge in [0, 0.05) is 0 Å². The Balaban J connectivity index is 2.05. The van der Waals surface area contributed by atoms with Crippen molar-refractivity contribution in [3.63, 3.8) is 0 Å². The molecular formula is C14H26. The maximum absolute atomic E-state index is 2.48. The Hall–Kier alpha value is 0. The summed E-state index contributed by atoms with van der Waals surface area (Å²) in [5, 5.41) is 0. The third-order valence-corrected chi connectivity index (χ3v) is 5.18. The second-order valence-electron chi connectivity index (χ2n) is 6.77. The Bertz CT molecular complexity index is 204. The van der Waals surface area contributed by atoms with Crippen molar-refractivity contribution in [2.45, 2.75) is 59.8 Å². The Labute approximate surface area is 89.5 Å². The molecule has 0 aromatic heterocycles. The molecule has 0 aromatic carbocycles. The molecule has 4 unspecified atom stereocenters. The Kier molecular flexibility index (Phi) is 2.66. The van der Waals surface area contributed by atoms with Crippen LogP contribution in [0.1, 0.15) is 59.8 Å². The van der Waals surface area contributed by atoms with Gasteiger partial charge in [-0.1, -0.05) is 34.1 Å². The summed E-state index contributed by atoms with van der Waals surface area (Å²) < 4.78 is 0. The van der Waals surface area contributed by atoms with E-state index in [1.165, 1.54) is 32.1 Å². The maximum Gasteiger partial charge on any atom is -0.0326 e. The third-order valence-electron chi connectivity index (χ3n) is 5.18. The average molecular weight is 194 g/mol. The molecule has 0 heterocycles. The van der Waals surface area contributed by atoms with Gasteiger partial charge >= 0.3 is 0 Å². The van der Waals surface area contributed by atoms with E-state index in [4.69, 9.17) is 0 Å². The molecule has 4 atom stereocenters. The minimum absolute atomic E-state index is 0.613. The summed E-state index contributed by atoms with van der Waals surface area (Å²) in [5.41, 5.74) is 0.613. The molecule has 2 fully saturated rings. The van der Waals surface area contributed by atoms with Gasteiger partial charge in [0.15, 0.2) is 0 Å². The van der Waals surface area contributed by atoms with E-state index < -0.39 is 0 Å². The van der Waals surface area contributed by atoms with Crippen LogP contribution in [-0.2, 0) is 0 Å². The van der Waals surface area contributed by atoms with Crippen molar-refractivity contribution in [2.75, 3.05) is 0 Å². The Morgan fingerprint density at radius 1 is 0.929 bits per heavy atom. The lowest BCUT2D eigenvalue weighted by Gasteiger charge is -2.48. The van der Waals surface area contributed by atoms with Crippen LogP contribution in [0.4, 0.5) is 0 Å². The fourth-order valence-electron chi connectivity index (χ4n) is 3.77. The summed E-state index contributed by atoms with van der Waals surface area (Å²) in [5.74, 6) is 4.08. The van der Waals surface area contributed by atoms with E-state index in [1.807, 2.05) is 0 Å². The molecule has 2 aliphatic carbocycles. The molecule has 0 saturated heterocycles. The standard InChI is InChI=1S/C14H26/c1-10-5-6-12-9-14(3,4)11(2)8-13(12)7-10/h10-13H,5-9H2,1-4H3. The Morgan fingerprint density at radius 2 is 1.64 bits per heavy atom. The molecule has 2 saturated carbocycles. The van der Waals surface area contributed by atoms with Crippen LogP contribution >= 0.6 is 0 Å². The van der Waals surface area contributed by atoms with Gasteiger partial charge in [-0.15, -0.1) is 0 Å². The highest BCUT2D eigenvalue weighted by Gasteiger charge is 2.41. The molecule has 0 nitrogen and oxygen atoms in total. The minimum atomic E-state index is 0.613. The van der Waals surface area contributed by atoms with Gasteiger partial charge in [-0.25, -0.2) is 0 Å². The van der Waals surface area contributed by atoms with Crippen LogP contribution in [0.25, 0.3) is 0 Å². The van der Waals surface area contributed by atoms with Gasteiger partial charge in [0.25, 0.3) is 0 Å². The van der Waals surface area contributed by atoms with Crippen LogP contribution in [0, 0.1) is 29.1 Å². The Morgan fingerprint density at radius 3 is 2.36 bits per heavy atom. The van der Waals surface area contributed by atoms with Crippen molar-refractivity contribution in [3.8, 4) is 0 Å². The zero-order valence-corrected chi connectivity index (χ0v) is 10.3. The molecule has 2 aliphatic rings. The van der Waals surface area contributed by atoms with Crippen LogP contribution in [0.5, 0.6) is 0 Å². The molecule has 0 heteroatoms. The third kappa shape index (κ3) is 1.85. The fraction of sp³-hybridized carbons (Fsp3) is 1.00. The predicted octanol–water partition coefficient (Wildman–Crippen LogP) is 4.49. The molecule has 0 amide bonds. The number of hydrogen-bond donors (Lipinski definition) is 0. The van der Waals surface area contributed by atoms with Crippen LogP contribution in [-0.4, -0.2) is 0 Å². The van der Waals surface area contributed by atoms with Crippen LogP contribution in [0.3, 0.4) is 0 Å². The monoisotopic (exact) mass is 194 g/mol. The quantitative estimate of drug-likeness (QED) is 0.533. The fourth-order valence-corrected chi connectivity index (χ4v) is 3.77. The normalized spacial score (nSPS) is 47.1. The summed E-state index contributed by atoms with van der Waals surface area (Å²) in [6.07, 6.45) is 7.52. The summed E-state index contributed by atoms with van der Waals surface area (Å²) in [6.45, 7) is 9.87. The van der Waals surface area contributed by atoms with E-state index in [2.05, 4.69) is 27.7 Å². The highest BCUT2D eigenvalue weighted by Crippen LogP contribution is 2.51. The van der Waals surface area contributed by atoms with Gasteiger partial charge < -0.3 is 0 Å². The smallest absolute Gasteiger partial charge is 0.0326 e. The van der Waals surface area contributed by atoms with Gasteiger partial charge in [0.1, 0.15) is 0 Å². The maximum atomic E-state index is 2.48. The SMILES string of the molecule is CC1CCC2CC(C)(C)C(C)CC2C1. The first-order valence-corrected chi connectivity index (χ1v) is 6.49. The molecule has 14 heavy (non-hydrogen) atoms. The van der Waals surface area contributed by atoms with Gasteiger partial charge in [0.05, 0.1) is 0 Å². The molecular weight excluding hydrogens is 168 g/mol. The van der Waals surface area contributed by atoms with E-state index in [0.717, 1.165) is 23.7 Å². The summed E-state index contributed by atoms with van der Waals surface area (Å²) in [4.78, 5) is 0. The topological polar surface area (TPSA) is 0 Å². The molecule has 0 bridgehead atoms. The largest absolute Gasteiger partial charge is 0.0625 e. The molecule has 2 rings (SSSR count). The number of fused-ring (bicyclic) bond motifs is 1. The minimum Gasteiger partial charge on any atom is -0.0625 e. The van der Waals surface area contributed by atoms with Crippen LogP contribution in [0.2, 0.25) is 0 Å². The first-order chi connectivity index (χ1) is 6.49. The van der Waals surface area contributed by atoms with Gasteiger partial charge in [-0.2, -0.15) is 0 Å². The molecule has 0 N–H and O–H groups in total. The van der Waals surface area contributed by atoms with Crippen molar-refractivity contribution >= 4 is 0 Å². The van der Waals surface area contributed by atoms with Gasteiger partial charge in [-0.3, -0.25) is 0 Å². The summed E-state index contributed by atoms with van der Waals surface area (Å²) >= 11 is 0. The highest BCUT2D eigenvalue weighted by molar-refractivity contribution is 4.91. The lowest BCUT2D eigenvalue weighted by Crippen LogP contribution is -2.38. The lowest BCUT2D eigenvalue weighted by molar-refractivity contribution is 0.0198. The van der Waals surface area contributed by atoms with E-state index in [1.54, 1.807) is 0 Å². The molecule has 82 valence electrons. The highest BCUT2D eigenvalue weighted by atomic mass is 14.5. The van der Waals surface area contributed by atoms with Crippen molar-refractivity contribution in [3.05, 3.63) is 0 Å². The average Bonchev–Trinajstić information content (AvgIpc) is 2.08. The molecule has 0 spiro atoms. The second kappa shape index (κ2) is 3.54. The summed E-state index contributed by atoms with van der Waals surface area (Å²) in [7, 11) is 0. The lowest BCUT2D eigenvalue weighted by atomic mass is 9.57. The second-order valence-corrected chi connectivity index (χ2v) is 6.77. The van der Waals surface area contributed by atoms with Gasteiger partial charge in [0.2, 0.25) is 0 Å². The summed E-state index contributed by atoms with van der Waals surface area (Å²) in [6, 6.07) is 0. The van der Waals surface area contributed by atoms with E-state index >= 15 is 0 Å². The van der Waals surface area contributed by atoms with E-state index in [0.29, 0.717) is 5.41 Å². The number of rotatable bonds is 0. The van der Waals surface area contributed by atoms with Gasteiger partial charge in [-0.05, 0) is 54.8 Å². The first-order valence-electron chi connectivity index (χ1n) is 6.49. The first kappa shape index (κ1) is 10.5. The molecule has 0 aliphatic heterocycles. The van der Waals surface area contributed by atoms with E-state index in [-0.39, 0.29) is 0 Å². The van der Waals surface area contributed by atoms with Crippen LogP contribution < -0.4 is 0 Å².